The van der Waals surface area contributed by atoms with Gasteiger partial charge < -0.3 is 0 Å². The molecule has 0 fully saturated rings. The minimum absolute atomic E-state index is 0.750. The number of para-hydroxylation sites is 2. The lowest BCUT2D eigenvalue weighted by atomic mass is 10.3. The Morgan fingerprint density at radius 3 is 2.71 bits per heavy atom. The molecule has 1 aliphatic rings. The number of hydrogen-bond donors (Lipinski definition) is 0. The first kappa shape index (κ1) is 7.94. The Morgan fingerprint density at radius 1 is 1.07 bits per heavy atom. The average molecular weight is 201 g/mol. The van der Waals surface area contributed by atoms with Crippen molar-refractivity contribution in [2.45, 2.75) is 5.03 Å². The summed E-state index contributed by atoms with van der Waals surface area (Å²) in [4.78, 5) is 13.2. The molecule has 0 bridgehead atoms. The zero-order chi connectivity index (χ0) is 9.38. The summed E-state index contributed by atoms with van der Waals surface area (Å²) in [6.45, 7) is 0. The summed E-state index contributed by atoms with van der Waals surface area (Å²) in [5, 5.41) is 0.936. The molecule has 68 valence electrons. The van der Waals surface area contributed by atoms with Crippen molar-refractivity contribution in [2.75, 3.05) is 5.75 Å². The molecule has 3 rings (SSSR count). The fourth-order valence-electron chi connectivity index (χ4n) is 1.40. The quantitative estimate of drug-likeness (QED) is 0.657. The van der Waals surface area contributed by atoms with E-state index in [0.29, 0.717) is 0 Å². The summed E-state index contributed by atoms with van der Waals surface area (Å²) in [6.07, 6.45) is 1.87. The van der Waals surface area contributed by atoms with Crippen molar-refractivity contribution in [3.8, 4) is 0 Å². The van der Waals surface area contributed by atoms with Crippen molar-refractivity contribution in [3.63, 3.8) is 0 Å². The van der Waals surface area contributed by atoms with Gasteiger partial charge in [-0.2, -0.15) is 0 Å². The second-order valence-electron chi connectivity index (χ2n) is 2.96. The van der Waals surface area contributed by atoms with E-state index in [9.17, 15) is 0 Å². The number of benzene rings is 1. The Bertz CT molecular complexity index is 522. The molecule has 2 heterocycles. The molecular weight excluding hydrogens is 194 g/mol. The standard InChI is InChI=1S/C10H7N3S/c1-2-4-8-7(3-1)12-9-10(13-8)14-6-5-11-9/h1-5H,6H2. The third-order valence-corrected chi connectivity index (χ3v) is 2.89. The Balaban J connectivity index is 2.34. The Hall–Kier alpha value is -1.42. The van der Waals surface area contributed by atoms with E-state index < -0.39 is 0 Å². The molecule has 0 amide bonds. The molecule has 1 aliphatic heterocycles. The predicted molar refractivity (Wildman–Crippen MR) is 58.4 cm³/mol. The second-order valence-corrected chi connectivity index (χ2v) is 3.97. The SMILES string of the molecule is C1=Nc2nc3ccccc3nc2SC1. The van der Waals surface area contributed by atoms with E-state index in [1.165, 1.54) is 0 Å². The van der Waals surface area contributed by atoms with Crippen LogP contribution >= 0.6 is 11.8 Å². The number of thioether (sulfide) groups is 1. The van der Waals surface area contributed by atoms with Crippen molar-refractivity contribution in [3.05, 3.63) is 24.3 Å². The van der Waals surface area contributed by atoms with Crippen molar-refractivity contribution in [2.24, 2.45) is 4.99 Å². The van der Waals surface area contributed by atoms with Gasteiger partial charge in [0.05, 0.1) is 11.0 Å². The van der Waals surface area contributed by atoms with Gasteiger partial charge in [-0.15, -0.1) is 0 Å². The minimum Gasteiger partial charge on any atom is -0.238 e. The topological polar surface area (TPSA) is 38.1 Å². The molecule has 0 unspecified atom stereocenters. The first-order valence-electron chi connectivity index (χ1n) is 4.35. The number of aliphatic imine (C=N–C) groups is 1. The number of fused-ring (bicyclic) bond motifs is 2. The van der Waals surface area contributed by atoms with Gasteiger partial charge >= 0.3 is 0 Å². The molecule has 2 aromatic rings. The van der Waals surface area contributed by atoms with Gasteiger partial charge in [-0.3, -0.25) is 0 Å². The summed E-state index contributed by atoms with van der Waals surface area (Å²) in [5.74, 6) is 1.64. The van der Waals surface area contributed by atoms with Crippen LogP contribution in [0.4, 0.5) is 5.82 Å². The first-order valence-corrected chi connectivity index (χ1v) is 5.34. The third kappa shape index (κ3) is 1.19. The van der Waals surface area contributed by atoms with Gasteiger partial charge in [0, 0.05) is 12.0 Å². The highest BCUT2D eigenvalue weighted by atomic mass is 32.2. The summed E-state index contributed by atoms with van der Waals surface area (Å²) >= 11 is 1.68. The van der Waals surface area contributed by atoms with E-state index in [0.717, 1.165) is 27.6 Å². The van der Waals surface area contributed by atoms with Crippen LogP contribution in [0.5, 0.6) is 0 Å². The van der Waals surface area contributed by atoms with E-state index >= 15 is 0 Å². The molecule has 0 spiro atoms. The van der Waals surface area contributed by atoms with Crippen molar-refractivity contribution in [1.82, 2.24) is 9.97 Å². The highest BCUT2D eigenvalue weighted by Gasteiger charge is 2.10. The van der Waals surface area contributed by atoms with Crippen LogP contribution in [0, 0.1) is 0 Å². The number of aromatic nitrogens is 2. The van der Waals surface area contributed by atoms with Gasteiger partial charge in [0.2, 0.25) is 0 Å². The zero-order valence-corrected chi connectivity index (χ0v) is 8.16. The molecule has 0 N–H and O–H groups in total. The monoisotopic (exact) mass is 201 g/mol. The van der Waals surface area contributed by atoms with Crippen molar-refractivity contribution >= 4 is 34.8 Å². The van der Waals surface area contributed by atoms with Gasteiger partial charge in [-0.05, 0) is 12.1 Å². The number of hydrogen-bond acceptors (Lipinski definition) is 4. The van der Waals surface area contributed by atoms with Gasteiger partial charge in [-0.1, -0.05) is 23.9 Å². The van der Waals surface area contributed by atoms with Crippen LogP contribution in [-0.2, 0) is 0 Å². The second kappa shape index (κ2) is 3.06. The lowest BCUT2D eigenvalue weighted by Gasteiger charge is -2.07. The largest absolute Gasteiger partial charge is 0.238 e. The summed E-state index contributed by atoms with van der Waals surface area (Å²) in [5.41, 5.74) is 1.85. The van der Waals surface area contributed by atoms with E-state index in [4.69, 9.17) is 0 Å². The number of nitrogens with zero attached hydrogens (tertiary/aromatic N) is 3. The van der Waals surface area contributed by atoms with Crippen molar-refractivity contribution in [1.29, 1.82) is 0 Å². The zero-order valence-electron chi connectivity index (χ0n) is 7.34. The summed E-state index contributed by atoms with van der Waals surface area (Å²) < 4.78 is 0. The van der Waals surface area contributed by atoms with Crippen LogP contribution in [0.2, 0.25) is 0 Å². The molecule has 3 nitrogen and oxygen atoms in total. The van der Waals surface area contributed by atoms with Gasteiger partial charge in [0.25, 0.3) is 0 Å². The van der Waals surface area contributed by atoms with Crippen LogP contribution in [0.25, 0.3) is 11.0 Å². The highest BCUT2D eigenvalue weighted by Crippen LogP contribution is 2.30. The normalized spacial score (nSPS) is 14.3. The fraction of sp³-hybridized carbons (Fsp3) is 0.100. The molecule has 0 atom stereocenters. The third-order valence-electron chi connectivity index (χ3n) is 2.03. The molecule has 4 heteroatoms. The maximum absolute atomic E-state index is 4.50. The molecule has 0 radical (unpaired) electrons. The minimum atomic E-state index is 0.750. The van der Waals surface area contributed by atoms with E-state index in [1.807, 2.05) is 30.5 Å². The lowest BCUT2D eigenvalue weighted by molar-refractivity contribution is 1.10. The number of rotatable bonds is 0. The fourth-order valence-corrected chi connectivity index (χ4v) is 2.09. The highest BCUT2D eigenvalue weighted by molar-refractivity contribution is 8.00. The first-order chi connectivity index (χ1) is 6.93. The predicted octanol–water partition coefficient (Wildman–Crippen LogP) is 2.44. The molecule has 0 saturated carbocycles. The Labute approximate surface area is 85.3 Å². The van der Waals surface area contributed by atoms with Gasteiger partial charge in [-0.25, -0.2) is 15.0 Å². The van der Waals surface area contributed by atoms with Crippen LogP contribution < -0.4 is 0 Å². The molecular formula is C10H7N3S. The molecule has 1 aromatic carbocycles. The molecule has 0 aliphatic carbocycles. The molecule has 0 saturated heterocycles. The van der Waals surface area contributed by atoms with E-state index in [1.54, 1.807) is 11.8 Å². The van der Waals surface area contributed by atoms with Crippen LogP contribution in [0.3, 0.4) is 0 Å². The Kier molecular flexibility index (Phi) is 1.73. The average Bonchev–Trinajstić information content (AvgIpc) is 2.26. The van der Waals surface area contributed by atoms with Crippen LogP contribution in [0.15, 0.2) is 34.3 Å². The van der Waals surface area contributed by atoms with Crippen LogP contribution in [-0.4, -0.2) is 21.9 Å². The maximum Gasteiger partial charge on any atom is 0.185 e. The summed E-state index contributed by atoms with van der Waals surface area (Å²) in [7, 11) is 0. The van der Waals surface area contributed by atoms with Gasteiger partial charge in [0.15, 0.2) is 5.82 Å². The lowest BCUT2D eigenvalue weighted by Crippen LogP contribution is -1.95. The van der Waals surface area contributed by atoms with E-state index in [-0.39, 0.29) is 0 Å². The van der Waals surface area contributed by atoms with E-state index in [2.05, 4.69) is 15.0 Å². The van der Waals surface area contributed by atoms with Gasteiger partial charge in [0.1, 0.15) is 5.03 Å². The smallest absolute Gasteiger partial charge is 0.185 e. The van der Waals surface area contributed by atoms with Crippen LogP contribution in [0.1, 0.15) is 0 Å². The maximum atomic E-state index is 4.50. The van der Waals surface area contributed by atoms with Crippen molar-refractivity contribution < 1.29 is 0 Å². The molecule has 1 aromatic heterocycles. The summed E-state index contributed by atoms with van der Waals surface area (Å²) in [6, 6.07) is 7.86. The Morgan fingerprint density at radius 2 is 1.86 bits per heavy atom. The molecule has 14 heavy (non-hydrogen) atoms.